The van der Waals surface area contributed by atoms with E-state index in [-0.39, 0.29) is 11.5 Å². The molecule has 3 heterocycles. The largest absolute Gasteiger partial charge is 0.444 e. The smallest absolute Gasteiger partial charge is 0.410 e. The second kappa shape index (κ2) is 5.94. The first-order valence-electron chi connectivity index (χ1n) is 8.84. The number of carbonyl (C=O) groups excluding carboxylic acids is 1. The summed E-state index contributed by atoms with van der Waals surface area (Å²) >= 11 is 0. The maximum Gasteiger partial charge on any atom is 0.410 e. The molecule has 0 radical (unpaired) electrons. The van der Waals surface area contributed by atoms with E-state index in [2.05, 4.69) is 29.8 Å². The summed E-state index contributed by atoms with van der Waals surface area (Å²) in [6, 6.07) is 2.22. The molecule has 1 aromatic rings. The molecule has 1 amide bonds. The quantitative estimate of drug-likeness (QED) is 0.790. The summed E-state index contributed by atoms with van der Waals surface area (Å²) in [5.41, 5.74) is 3.28. The van der Waals surface area contributed by atoms with E-state index < -0.39 is 5.60 Å². The third-order valence-electron chi connectivity index (χ3n) is 5.07. The molecule has 0 bridgehead atoms. The lowest BCUT2D eigenvalue weighted by Gasteiger charge is -2.27. The molecule has 5 heteroatoms. The van der Waals surface area contributed by atoms with Crippen molar-refractivity contribution in [2.75, 3.05) is 31.1 Å². The number of amides is 1. The summed E-state index contributed by atoms with van der Waals surface area (Å²) in [5, 5.41) is 0. The van der Waals surface area contributed by atoms with Crippen molar-refractivity contribution >= 4 is 11.8 Å². The van der Waals surface area contributed by atoms with Gasteiger partial charge in [0.05, 0.1) is 11.4 Å². The van der Waals surface area contributed by atoms with Crippen LogP contribution in [0, 0.1) is 19.3 Å². The van der Waals surface area contributed by atoms with Crippen LogP contribution in [0.15, 0.2) is 12.3 Å². The van der Waals surface area contributed by atoms with E-state index in [0.717, 1.165) is 44.7 Å². The topological polar surface area (TPSA) is 45.7 Å². The molecule has 2 fully saturated rings. The lowest BCUT2D eigenvalue weighted by molar-refractivity contribution is 0.0276. The molecule has 0 saturated carbocycles. The predicted molar refractivity (Wildman–Crippen MR) is 95.4 cm³/mol. The highest BCUT2D eigenvalue weighted by atomic mass is 16.6. The Kier molecular flexibility index (Phi) is 4.22. The fourth-order valence-corrected chi connectivity index (χ4v) is 3.83. The molecule has 132 valence electrons. The number of ether oxygens (including phenoxy) is 1. The van der Waals surface area contributed by atoms with Crippen molar-refractivity contribution in [2.45, 2.75) is 53.1 Å². The lowest BCUT2D eigenvalue weighted by Crippen LogP contribution is -2.37. The van der Waals surface area contributed by atoms with Crippen LogP contribution in [0.5, 0.6) is 0 Å². The number of anilines is 1. The molecule has 24 heavy (non-hydrogen) atoms. The molecular weight excluding hydrogens is 302 g/mol. The molecule has 5 nitrogen and oxygen atoms in total. The first kappa shape index (κ1) is 17.1. The minimum Gasteiger partial charge on any atom is -0.444 e. The van der Waals surface area contributed by atoms with E-state index in [4.69, 9.17) is 4.74 Å². The van der Waals surface area contributed by atoms with Crippen LogP contribution in [0.4, 0.5) is 10.5 Å². The Hall–Kier alpha value is -1.78. The Bertz CT molecular complexity index is 638. The van der Waals surface area contributed by atoms with Gasteiger partial charge >= 0.3 is 6.09 Å². The number of nitrogens with zero attached hydrogens (tertiary/aromatic N) is 3. The van der Waals surface area contributed by atoms with Crippen LogP contribution in [0.1, 0.15) is 44.9 Å². The first-order chi connectivity index (χ1) is 11.2. The zero-order valence-corrected chi connectivity index (χ0v) is 15.6. The number of likely N-dealkylation sites (tertiary alicyclic amines) is 1. The molecule has 2 aliphatic heterocycles. The number of aryl methyl sites for hydroxylation is 2. The normalized spacial score (nSPS) is 24.0. The van der Waals surface area contributed by atoms with Crippen LogP contribution in [-0.2, 0) is 4.74 Å². The third-order valence-corrected chi connectivity index (χ3v) is 5.07. The van der Waals surface area contributed by atoms with Crippen LogP contribution in [-0.4, -0.2) is 47.8 Å². The summed E-state index contributed by atoms with van der Waals surface area (Å²) < 4.78 is 5.53. The van der Waals surface area contributed by atoms with Crippen molar-refractivity contribution in [3.63, 3.8) is 0 Å². The Balaban J connectivity index is 1.67. The monoisotopic (exact) mass is 331 g/mol. The van der Waals surface area contributed by atoms with Gasteiger partial charge < -0.3 is 14.5 Å². The van der Waals surface area contributed by atoms with Crippen LogP contribution in [0.25, 0.3) is 0 Å². The minimum absolute atomic E-state index is 0.175. The lowest BCUT2D eigenvalue weighted by atomic mass is 9.86. The van der Waals surface area contributed by atoms with Crippen molar-refractivity contribution < 1.29 is 9.53 Å². The van der Waals surface area contributed by atoms with E-state index in [1.165, 1.54) is 11.3 Å². The highest BCUT2D eigenvalue weighted by Gasteiger charge is 2.45. The maximum absolute atomic E-state index is 12.3. The van der Waals surface area contributed by atoms with Gasteiger partial charge in [-0.2, -0.15) is 0 Å². The highest BCUT2D eigenvalue weighted by molar-refractivity contribution is 5.68. The molecule has 1 spiro atoms. The molecule has 2 aliphatic rings. The molecule has 0 aliphatic carbocycles. The summed E-state index contributed by atoms with van der Waals surface area (Å²) in [6.45, 7) is 13.5. The zero-order valence-electron chi connectivity index (χ0n) is 15.6. The molecule has 0 aromatic carbocycles. The van der Waals surface area contributed by atoms with E-state index in [0.29, 0.717) is 0 Å². The Morgan fingerprint density at radius 3 is 2.62 bits per heavy atom. The standard InChI is InChI=1S/C19H29N3O2/c1-14-10-16(15(2)20-11-14)21-8-6-19(12-21)7-9-22(13-19)17(23)24-18(3,4)5/h10-11H,6-9,12-13H2,1-5H3. The third kappa shape index (κ3) is 3.50. The van der Waals surface area contributed by atoms with Crippen LogP contribution >= 0.6 is 0 Å². The molecule has 2 saturated heterocycles. The Labute approximate surface area is 145 Å². The van der Waals surface area contributed by atoms with Crippen molar-refractivity contribution in [3.05, 3.63) is 23.5 Å². The average Bonchev–Trinajstić information content (AvgIpc) is 3.08. The highest BCUT2D eigenvalue weighted by Crippen LogP contribution is 2.42. The number of hydrogen-bond donors (Lipinski definition) is 0. The van der Waals surface area contributed by atoms with Gasteiger partial charge in [0.15, 0.2) is 0 Å². The molecule has 0 N–H and O–H groups in total. The minimum atomic E-state index is -0.432. The fraction of sp³-hybridized carbons (Fsp3) is 0.684. The van der Waals surface area contributed by atoms with Gasteiger partial charge in [-0.1, -0.05) is 0 Å². The van der Waals surface area contributed by atoms with Crippen molar-refractivity contribution in [1.82, 2.24) is 9.88 Å². The van der Waals surface area contributed by atoms with E-state index in [1.54, 1.807) is 0 Å². The van der Waals surface area contributed by atoms with Crippen molar-refractivity contribution in [2.24, 2.45) is 5.41 Å². The van der Waals surface area contributed by atoms with Crippen LogP contribution in [0.3, 0.4) is 0 Å². The number of carbonyl (C=O) groups is 1. The van der Waals surface area contributed by atoms with Gasteiger partial charge in [0.25, 0.3) is 0 Å². The predicted octanol–water partition coefficient (Wildman–Crippen LogP) is 3.54. The Morgan fingerprint density at radius 1 is 1.21 bits per heavy atom. The molecule has 1 aromatic heterocycles. The summed E-state index contributed by atoms with van der Waals surface area (Å²) in [5.74, 6) is 0. The van der Waals surface area contributed by atoms with Crippen LogP contribution < -0.4 is 4.90 Å². The van der Waals surface area contributed by atoms with Gasteiger partial charge in [0.1, 0.15) is 5.60 Å². The molecule has 3 rings (SSSR count). The van der Waals surface area contributed by atoms with Gasteiger partial charge in [-0.05, 0) is 59.1 Å². The van der Waals surface area contributed by atoms with Crippen LogP contribution in [0.2, 0.25) is 0 Å². The number of hydrogen-bond acceptors (Lipinski definition) is 4. The van der Waals surface area contributed by atoms with Crippen molar-refractivity contribution in [1.29, 1.82) is 0 Å². The second-order valence-electron chi connectivity index (χ2n) is 8.44. The Morgan fingerprint density at radius 2 is 1.92 bits per heavy atom. The summed E-state index contributed by atoms with van der Waals surface area (Å²) in [7, 11) is 0. The van der Waals surface area contributed by atoms with Gasteiger partial charge in [0, 0.05) is 37.8 Å². The number of rotatable bonds is 1. The van der Waals surface area contributed by atoms with Gasteiger partial charge in [-0.3, -0.25) is 4.98 Å². The maximum atomic E-state index is 12.3. The average molecular weight is 331 g/mol. The first-order valence-corrected chi connectivity index (χ1v) is 8.84. The molecule has 1 atom stereocenters. The summed E-state index contributed by atoms with van der Waals surface area (Å²) in [6.07, 6.45) is 3.93. The second-order valence-corrected chi connectivity index (χ2v) is 8.44. The van der Waals surface area contributed by atoms with Gasteiger partial charge in [-0.25, -0.2) is 4.79 Å². The zero-order chi connectivity index (χ0) is 17.5. The van der Waals surface area contributed by atoms with E-state index in [1.807, 2.05) is 31.9 Å². The van der Waals surface area contributed by atoms with E-state index >= 15 is 0 Å². The number of pyridine rings is 1. The van der Waals surface area contributed by atoms with Gasteiger partial charge in [-0.15, -0.1) is 0 Å². The molecular formula is C19H29N3O2. The molecule has 1 unspecified atom stereocenters. The summed E-state index contributed by atoms with van der Waals surface area (Å²) in [4.78, 5) is 21.2. The fourth-order valence-electron chi connectivity index (χ4n) is 3.83. The van der Waals surface area contributed by atoms with E-state index in [9.17, 15) is 4.79 Å². The van der Waals surface area contributed by atoms with Gasteiger partial charge in [0.2, 0.25) is 0 Å². The SMILES string of the molecule is Cc1cnc(C)c(N2CCC3(CCN(C(=O)OC(C)(C)C)C3)C2)c1. The number of aromatic nitrogens is 1. The van der Waals surface area contributed by atoms with Crippen molar-refractivity contribution in [3.8, 4) is 0 Å².